The van der Waals surface area contributed by atoms with Gasteiger partial charge in [-0.3, -0.25) is 9.52 Å². The predicted molar refractivity (Wildman–Crippen MR) is 112 cm³/mol. The van der Waals surface area contributed by atoms with Crippen molar-refractivity contribution in [3.05, 3.63) is 30.0 Å². The lowest BCUT2D eigenvalue weighted by atomic mass is 10.1. The maximum Gasteiger partial charge on any atom is 0.253 e. The maximum absolute atomic E-state index is 12.8. The molecule has 11 heteroatoms. The summed E-state index contributed by atoms with van der Waals surface area (Å²) in [5.74, 6) is 0.181. The lowest BCUT2D eigenvalue weighted by Crippen LogP contribution is -2.35. The fourth-order valence-corrected chi connectivity index (χ4v) is 3.83. The Kier molecular flexibility index (Phi) is 6.28. The summed E-state index contributed by atoms with van der Waals surface area (Å²) >= 11 is 0. The Balaban J connectivity index is 1.91. The molecule has 2 heterocycles. The smallest absolute Gasteiger partial charge is 0.253 e. The summed E-state index contributed by atoms with van der Waals surface area (Å²) in [7, 11) is -3.57. The number of aliphatic hydroxyl groups is 1. The van der Waals surface area contributed by atoms with Crippen LogP contribution in [0.1, 0.15) is 29.6 Å². The van der Waals surface area contributed by atoms with Crippen LogP contribution in [0.3, 0.4) is 0 Å². The molecule has 0 atom stereocenters. The third-order valence-electron chi connectivity index (χ3n) is 4.67. The van der Waals surface area contributed by atoms with Crippen molar-refractivity contribution < 1.29 is 18.3 Å². The number of amides is 1. The molecule has 0 saturated carbocycles. The number of sulfonamides is 1. The second kappa shape index (κ2) is 8.70. The summed E-state index contributed by atoms with van der Waals surface area (Å²) in [5.41, 5.74) is 7.56. The summed E-state index contributed by atoms with van der Waals surface area (Å²) in [6, 6.07) is 4.81. The number of benzene rings is 1. The van der Waals surface area contributed by atoms with Crippen LogP contribution in [0.5, 0.6) is 0 Å². The number of nitrogen functional groups attached to an aromatic ring is 1. The molecule has 1 fully saturated rings. The molecule has 5 N–H and O–H groups in total. The summed E-state index contributed by atoms with van der Waals surface area (Å²) in [4.78, 5) is 14.6. The maximum atomic E-state index is 12.8. The van der Waals surface area contributed by atoms with Gasteiger partial charge in [-0.05, 0) is 37.5 Å². The first-order valence-corrected chi connectivity index (χ1v) is 11.3. The van der Waals surface area contributed by atoms with Crippen LogP contribution in [-0.2, 0) is 16.6 Å². The molecule has 1 aromatic carbocycles. The van der Waals surface area contributed by atoms with Crippen molar-refractivity contribution in [1.29, 1.82) is 0 Å². The number of hydrogen-bond donors (Lipinski definition) is 4. The monoisotopic (exact) mass is 422 g/mol. The summed E-state index contributed by atoms with van der Waals surface area (Å²) < 4.78 is 27.6. The van der Waals surface area contributed by atoms with Crippen LogP contribution in [0.25, 0.3) is 0 Å². The number of anilines is 4. The topological polar surface area (TPSA) is 143 Å². The molecule has 0 bridgehead atoms. The molecule has 158 valence electrons. The van der Waals surface area contributed by atoms with Gasteiger partial charge < -0.3 is 21.1 Å². The molecule has 1 aliphatic heterocycles. The summed E-state index contributed by atoms with van der Waals surface area (Å²) in [6.07, 6.45) is 5.58. The van der Waals surface area contributed by atoms with Gasteiger partial charge in [0, 0.05) is 18.7 Å². The number of rotatable bonds is 7. The molecule has 0 aliphatic carbocycles. The number of nitrogens with two attached hydrogens (primary N) is 1. The van der Waals surface area contributed by atoms with Crippen molar-refractivity contribution in [3.8, 4) is 0 Å². The van der Waals surface area contributed by atoms with Gasteiger partial charge in [0.1, 0.15) is 11.5 Å². The van der Waals surface area contributed by atoms with Gasteiger partial charge in [-0.1, -0.05) is 0 Å². The molecule has 0 unspecified atom stereocenters. The van der Waals surface area contributed by atoms with E-state index in [1.807, 2.05) is 0 Å². The SMILES string of the molecule is CS(=O)(=O)Nc1cc(C(=O)N2CCCCC2)ccc1Nc1cnn(CCO)c1N. The largest absolute Gasteiger partial charge is 0.394 e. The van der Waals surface area contributed by atoms with E-state index in [1.165, 1.54) is 16.9 Å². The number of piperidine rings is 1. The summed E-state index contributed by atoms with van der Waals surface area (Å²) in [5, 5.41) is 16.2. The highest BCUT2D eigenvalue weighted by atomic mass is 32.2. The van der Waals surface area contributed by atoms with Gasteiger partial charge in [-0.15, -0.1) is 0 Å². The number of carbonyl (C=O) groups excluding carboxylic acids is 1. The highest BCUT2D eigenvalue weighted by Crippen LogP contribution is 2.30. The van der Waals surface area contributed by atoms with Crippen molar-refractivity contribution in [2.45, 2.75) is 25.8 Å². The van der Waals surface area contributed by atoms with Crippen molar-refractivity contribution >= 4 is 38.8 Å². The number of aliphatic hydroxyl groups excluding tert-OH is 1. The third-order valence-corrected chi connectivity index (χ3v) is 5.26. The number of likely N-dealkylation sites (tertiary alicyclic amines) is 1. The Morgan fingerprint density at radius 3 is 2.59 bits per heavy atom. The molecule has 1 saturated heterocycles. The Labute approximate surface area is 169 Å². The average molecular weight is 423 g/mol. The fourth-order valence-electron chi connectivity index (χ4n) is 3.26. The van der Waals surface area contributed by atoms with Gasteiger partial charge in [0.2, 0.25) is 10.0 Å². The molecule has 2 aromatic rings. The van der Waals surface area contributed by atoms with Gasteiger partial charge in [0.25, 0.3) is 5.91 Å². The molecule has 0 radical (unpaired) electrons. The third kappa shape index (κ3) is 5.18. The van der Waals surface area contributed by atoms with E-state index in [1.54, 1.807) is 17.0 Å². The van der Waals surface area contributed by atoms with E-state index in [-0.39, 0.29) is 24.7 Å². The second-order valence-corrected chi connectivity index (χ2v) is 8.75. The molecule has 29 heavy (non-hydrogen) atoms. The van der Waals surface area contributed by atoms with Crippen LogP contribution >= 0.6 is 0 Å². The molecular formula is C18H26N6O4S. The number of aromatic nitrogens is 2. The normalized spacial score (nSPS) is 14.6. The zero-order chi connectivity index (χ0) is 21.0. The second-order valence-electron chi connectivity index (χ2n) is 7.00. The van der Waals surface area contributed by atoms with E-state index < -0.39 is 10.0 Å². The Morgan fingerprint density at radius 2 is 1.93 bits per heavy atom. The minimum absolute atomic E-state index is 0.112. The zero-order valence-electron chi connectivity index (χ0n) is 16.3. The van der Waals surface area contributed by atoms with Crippen molar-refractivity contribution in [2.75, 3.05) is 41.7 Å². The van der Waals surface area contributed by atoms with Crippen molar-refractivity contribution in [2.24, 2.45) is 0 Å². The molecule has 1 aliphatic rings. The standard InChI is InChI=1S/C18H26N6O4S/c1-29(27,28)22-15-11-13(18(26)23-7-3-2-4-8-23)5-6-14(15)21-16-12-20-24(9-10-25)17(16)19/h5-6,11-12,21-22,25H,2-4,7-10,19H2,1H3. The van der Waals surface area contributed by atoms with Crippen molar-refractivity contribution in [1.82, 2.24) is 14.7 Å². The Morgan fingerprint density at radius 1 is 1.21 bits per heavy atom. The van der Waals surface area contributed by atoms with Gasteiger partial charge in [-0.2, -0.15) is 5.10 Å². The van der Waals surface area contributed by atoms with E-state index in [4.69, 9.17) is 10.8 Å². The predicted octanol–water partition coefficient (Wildman–Crippen LogP) is 1.20. The molecule has 3 rings (SSSR count). The van der Waals surface area contributed by atoms with Gasteiger partial charge >= 0.3 is 0 Å². The molecule has 10 nitrogen and oxygen atoms in total. The first-order chi connectivity index (χ1) is 13.8. The Hall–Kier alpha value is -2.79. The number of carbonyl (C=O) groups is 1. The van der Waals surface area contributed by atoms with Crippen LogP contribution in [0.15, 0.2) is 24.4 Å². The lowest BCUT2D eigenvalue weighted by Gasteiger charge is -2.27. The van der Waals surface area contributed by atoms with Crippen LogP contribution < -0.4 is 15.8 Å². The minimum Gasteiger partial charge on any atom is -0.394 e. The average Bonchev–Trinajstić information content (AvgIpc) is 3.02. The summed E-state index contributed by atoms with van der Waals surface area (Å²) in [6.45, 7) is 1.53. The van der Waals surface area contributed by atoms with Crippen LogP contribution in [0, 0.1) is 0 Å². The zero-order valence-corrected chi connectivity index (χ0v) is 17.1. The van der Waals surface area contributed by atoms with Crippen LogP contribution in [0.2, 0.25) is 0 Å². The number of nitrogens with zero attached hydrogens (tertiary/aromatic N) is 3. The molecular weight excluding hydrogens is 396 g/mol. The first kappa shape index (κ1) is 20.9. The van der Waals surface area contributed by atoms with E-state index >= 15 is 0 Å². The van der Waals surface area contributed by atoms with E-state index in [2.05, 4.69) is 15.1 Å². The fraction of sp³-hybridized carbons (Fsp3) is 0.444. The van der Waals surface area contributed by atoms with Gasteiger partial charge in [0.15, 0.2) is 0 Å². The highest BCUT2D eigenvalue weighted by Gasteiger charge is 2.20. The molecule has 1 amide bonds. The van der Waals surface area contributed by atoms with Gasteiger partial charge in [-0.25, -0.2) is 13.1 Å². The molecule has 1 aromatic heterocycles. The number of nitrogens with one attached hydrogen (secondary N) is 2. The number of hydrogen-bond acceptors (Lipinski definition) is 7. The Bertz CT molecular complexity index is 982. The van der Waals surface area contributed by atoms with E-state index in [0.717, 1.165) is 25.5 Å². The highest BCUT2D eigenvalue weighted by molar-refractivity contribution is 7.92. The molecule has 0 spiro atoms. The van der Waals surface area contributed by atoms with Crippen LogP contribution in [0.4, 0.5) is 22.9 Å². The first-order valence-electron chi connectivity index (χ1n) is 9.39. The minimum atomic E-state index is -3.57. The van der Waals surface area contributed by atoms with Crippen LogP contribution in [-0.4, -0.2) is 60.1 Å². The van der Waals surface area contributed by atoms with Crippen molar-refractivity contribution in [3.63, 3.8) is 0 Å². The van der Waals surface area contributed by atoms with Gasteiger partial charge in [0.05, 0.1) is 37.0 Å². The van der Waals surface area contributed by atoms with E-state index in [0.29, 0.717) is 35.8 Å². The van der Waals surface area contributed by atoms with E-state index in [9.17, 15) is 13.2 Å². The quantitative estimate of drug-likeness (QED) is 0.525. The lowest BCUT2D eigenvalue weighted by molar-refractivity contribution is 0.0724.